The largest absolute Gasteiger partial charge is 0.372 e. The van der Waals surface area contributed by atoms with Gasteiger partial charge in [-0.15, -0.1) is 0 Å². The molecule has 0 radical (unpaired) electrons. The predicted octanol–water partition coefficient (Wildman–Crippen LogP) is 4.24. The summed E-state index contributed by atoms with van der Waals surface area (Å²) in [5.41, 5.74) is 3.06. The van der Waals surface area contributed by atoms with Gasteiger partial charge in [-0.05, 0) is 56.2 Å². The summed E-state index contributed by atoms with van der Waals surface area (Å²) in [6, 6.07) is 17.2. The van der Waals surface area contributed by atoms with E-state index in [0.717, 1.165) is 37.2 Å². The van der Waals surface area contributed by atoms with Gasteiger partial charge in [-0.3, -0.25) is 9.59 Å². The number of anilines is 2. The summed E-state index contributed by atoms with van der Waals surface area (Å²) < 4.78 is 0. The van der Waals surface area contributed by atoms with Crippen LogP contribution in [0.15, 0.2) is 65.3 Å². The maximum atomic E-state index is 13.2. The number of unbranched alkanes of at least 4 members (excludes halogenated alkanes) is 1. The van der Waals surface area contributed by atoms with E-state index in [4.69, 9.17) is 0 Å². The number of rotatable bonds is 9. The van der Waals surface area contributed by atoms with Crippen molar-refractivity contribution in [3.05, 3.63) is 65.7 Å². The van der Waals surface area contributed by atoms with Crippen LogP contribution in [0.1, 0.15) is 39.2 Å². The summed E-state index contributed by atoms with van der Waals surface area (Å²) in [6.07, 6.45) is 3.60. The highest BCUT2D eigenvalue weighted by atomic mass is 16.2. The predicted molar refractivity (Wildman–Crippen MR) is 127 cm³/mol. The lowest BCUT2D eigenvalue weighted by molar-refractivity contribution is -0.116. The number of benzene rings is 2. The van der Waals surface area contributed by atoms with Gasteiger partial charge in [0.05, 0.1) is 11.3 Å². The van der Waals surface area contributed by atoms with Gasteiger partial charge in [0.25, 0.3) is 11.8 Å². The molecule has 0 atom stereocenters. The van der Waals surface area contributed by atoms with Crippen LogP contribution < -0.4 is 15.2 Å². The number of nitrogens with zero attached hydrogens (tertiary/aromatic N) is 3. The molecular weight excluding hydrogens is 388 g/mol. The topological polar surface area (TPSA) is 65.0 Å². The molecule has 0 fully saturated rings. The summed E-state index contributed by atoms with van der Waals surface area (Å²) in [5.74, 6) is -0.633. The standard InChI is InChI=1S/C25H30N4O2/c1-4-7-17-26-24(30)23-22(25(31)29(27-23)21-11-9-8-10-12-21)18-19-13-15-20(16-14-19)28(5-2)6-3/h8-16,18H,4-7,17H2,1-3H3,(H,26,30). The molecule has 0 bridgehead atoms. The van der Waals surface area contributed by atoms with Crippen molar-refractivity contribution >= 4 is 35.0 Å². The van der Waals surface area contributed by atoms with E-state index in [1.54, 1.807) is 18.2 Å². The van der Waals surface area contributed by atoms with Gasteiger partial charge in [0.2, 0.25) is 0 Å². The quantitative estimate of drug-likeness (QED) is 0.489. The van der Waals surface area contributed by atoms with Crippen LogP contribution in [-0.2, 0) is 9.59 Å². The number of carbonyl (C=O) groups excluding carboxylic acids is 2. The van der Waals surface area contributed by atoms with E-state index in [1.165, 1.54) is 5.01 Å². The first-order chi connectivity index (χ1) is 15.1. The lowest BCUT2D eigenvalue weighted by Gasteiger charge is -2.20. The Morgan fingerprint density at radius 3 is 2.32 bits per heavy atom. The Morgan fingerprint density at radius 1 is 1.03 bits per heavy atom. The summed E-state index contributed by atoms with van der Waals surface area (Å²) in [5, 5.41) is 8.55. The van der Waals surface area contributed by atoms with Crippen LogP contribution in [0, 0.1) is 0 Å². The monoisotopic (exact) mass is 418 g/mol. The Kier molecular flexibility index (Phi) is 7.60. The van der Waals surface area contributed by atoms with Gasteiger partial charge in [-0.2, -0.15) is 10.1 Å². The third kappa shape index (κ3) is 5.20. The van der Waals surface area contributed by atoms with Crippen molar-refractivity contribution in [2.24, 2.45) is 5.10 Å². The molecule has 0 aromatic heterocycles. The van der Waals surface area contributed by atoms with Gasteiger partial charge in [0.15, 0.2) is 5.71 Å². The van der Waals surface area contributed by atoms with E-state index in [1.807, 2.05) is 42.5 Å². The van der Waals surface area contributed by atoms with Crippen molar-refractivity contribution < 1.29 is 9.59 Å². The molecule has 0 spiro atoms. The summed E-state index contributed by atoms with van der Waals surface area (Å²) in [6.45, 7) is 8.71. The lowest BCUT2D eigenvalue weighted by atomic mass is 10.0. The van der Waals surface area contributed by atoms with Crippen molar-refractivity contribution in [1.29, 1.82) is 0 Å². The Bertz CT molecular complexity index is 961. The van der Waals surface area contributed by atoms with Gasteiger partial charge >= 0.3 is 0 Å². The zero-order chi connectivity index (χ0) is 22.2. The first-order valence-electron chi connectivity index (χ1n) is 10.9. The number of hydrazone groups is 1. The number of carbonyl (C=O) groups is 2. The van der Waals surface area contributed by atoms with Crippen molar-refractivity contribution in [1.82, 2.24) is 5.32 Å². The minimum atomic E-state index is -0.328. The Hall–Kier alpha value is -3.41. The summed E-state index contributed by atoms with van der Waals surface area (Å²) >= 11 is 0. The van der Waals surface area contributed by atoms with Gasteiger partial charge < -0.3 is 10.2 Å². The van der Waals surface area contributed by atoms with Gasteiger partial charge in [-0.25, -0.2) is 0 Å². The Morgan fingerprint density at radius 2 is 1.71 bits per heavy atom. The molecule has 2 amide bonds. The molecule has 0 saturated carbocycles. The van der Waals surface area contributed by atoms with Crippen LogP contribution in [0.4, 0.5) is 11.4 Å². The highest BCUT2D eigenvalue weighted by Crippen LogP contribution is 2.25. The molecule has 3 rings (SSSR count). The highest BCUT2D eigenvalue weighted by Gasteiger charge is 2.34. The summed E-state index contributed by atoms with van der Waals surface area (Å²) in [7, 11) is 0. The fraction of sp³-hybridized carbons (Fsp3) is 0.320. The minimum Gasteiger partial charge on any atom is -0.372 e. The van der Waals surface area contributed by atoms with Crippen molar-refractivity contribution in [2.75, 3.05) is 29.5 Å². The van der Waals surface area contributed by atoms with Crippen LogP contribution >= 0.6 is 0 Å². The molecule has 0 unspecified atom stereocenters. The average Bonchev–Trinajstić information content (AvgIpc) is 3.12. The number of para-hydroxylation sites is 1. The minimum absolute atomic E-state index is 0.151. The number of hydrogen-bond donors (Lipinski definition) is 1. The maximum Gasteiger partial charge on any atom is 0.281 e. The molecule has 0 saturated heterocycles. The van der Waals surface area contributed by atoms with Crippen LogP contribution in [-0.4, -0.2) is 37.2 Å². The molecule has 6 nitrogen and oxygen atoms in total. The molecule has 0 aliphatic carbocycles. The second-order valence-corrected chi connectivity index (χ2v) is 7.33. The third-order valence-corrected chi connectivity index (χ3v) is 5.24. The van der Waals surface area contributed by atoms with E-state index < -0.39 is 0 Å². The Balaban J connectivity index is 1.92. The maximum absolute atomic E-state index is 13.2. The molecule has 2 aromatic carbocycles. The van der Waals surface area contributed by atoms with Crippen molar-refractivity contribution in [2.45, 2.75) is 33.6 Å². The highest BCUT2D eigenvalue weighted by molar-refractivity contribution is 6.55. The van der Waals surface area contributed by atoms with E-state index >= 15 is 0 Å². The molecule has 1 aliphatic rings. The van der Waals surface area contributed by atoms with Gasteiger partial charge in [0.1, 0.15) is 0 Å². The number of hydrogen-bond acceptors (Lipinski definition) is 4. The van der Waals surface area contributed by atoms with E-state index in [0.29, 0.717) is 17.8 Å². The normalized spacial score (nSPS) is 14.7. The first-order valence-corrected chi connectivity index (χ1v) is 10.9. The second kappa shape index (κ2) is 10.6. The fourth-order valence-corrected chi connectivity index (χ4v) is 3.46. The third-order valence-electron chi connectivity index (χ3n) is 5.24. The Labute approximate surface area is 184 Å². The first kappa shape index (κ1) is 22.3. The van der Waals surface area contributed by atoms with Crippen LogP contribution in [0.25, 0.3) is 6.08 Å². The van der Waals surface area contributed by atoms with E-state index in [9.17, 15) is 9.59 Å². The second-order valence-electron chi connectivity index (χ2n) is 7.33. The van der Waals surface area contributed by atoms with Gasteiger partial charge in [-0.1, -0.05) is 43.7 Å². The average molecular weight is 419 g/mol. The van der Waals surface area contributed by atoms with Crippen molar-refractivity contribution in [3.63, 3.8) is 0 Å². The molecule has 1 N–H and O–H groups in total. The smallest absolute Gasteiger partial charge is 0.281 e. The molecule has 6 heteroatoms. The lowest BCUT2D eigenvalue weighted by Crippen LogP contribution is -2.32. The SMILES string of the molecule is CCCCNC(=O)C1=NN(c2ccccc2)C(=O)C1=Cc1ccc(N(CC)CC)cc1. The van der Waals surface area contributed by atoms with Crippen LogP contribution in [0.2, 0.25) is 0 Å². The molecule has 1 heterocycles. The van der Waals surface area contributed by atoms with E-state index in [2.05, 4.69) is 36.1 Å². The van der Waals surface area contributed by atoms with Crippen LogP contribution in [0.5, 0.6) is 0 Å². The molecule has 162 valence electrons. The molecule has 1 aliphatic heterocycles. The number of amides is 2. The summed E-state index contributed by atoms with van der Waals surface area (Å²) in [4.78, 5) is 28.2. The van der Waals surface area contributed by atoms with E-state index in [-0.39, 0.29) is 17.5 Å². The van der Waals surface area contributed by atoms with Gasteiger partial charge in [0, 0.05) is 25.3 Å². The van der Waals surface area contributed by atoms with Crippen LogP contribution in [0.3, 0.4) is 0 Å². The molecule has 2 aromatic rings. The molecular formula is C25H30N4O2. The fourth-order valence-electron chi connectivity index (χ4n) is 3.46. The molecule has 31 heavy (non-hydrogen) atoms. The zero-order valence-electron chi connectivity index (χ0n) is 18.5. The number of nitrogens with one attached hydrogen (secondary N) is 1. The zero-order valence-corrected chi connectivity index (χ0v) is 18.5. The van der Waals surface area contributed by atoms with Crippen molar-refractivity contribution in [3.8, 4) is 0 Å².